The Balaban J connectivity index is 0.00000364. The molecule has 0 radical (unpaired) electrons. The lowest BCUT2D eigenvalue weighted by Crippen LogP contribution is -2.46. The number of alkyl halides is 3. The Labute approximate surface area is 176 Å². The van der Waals surface area contributed by atoms with Gasteiger partial charge in [0.15, 0.2) is 5.96 Å². The number of halogens is 4. The normalized spacial score (nSPS) is 20.7. The summed E-state index contributed by atoms with van der Waals surface area (Å²) in [7, 11) is 0. The van der Waals surface area contributed by atoms with Crippen LogP contribution in [0.15, 0.2) is 17.1 Å². The second-order valence-electron chi connectivity index (χ2n) is 7.02. The third kappa shape index (κ3) is 7.04. The standard InChI is InChI=1S/C19H28F3N3O.HI/c1-4-23-18(24-11-14-8-12(2)17(26)13(3)9-14)25-16-7-5-6-15(10-16)19(20,21)22;/h8-9,15-16,26H,4-7,10-11H2,1-3H3,(H2,23,24,25);1H. The maximum Gasteiger partial charge on any atom is 0.391 e. The van der Waals surface area contributed by atoms with Gasteiger partial charge in [-0.3, -0.25) is 0 Å². The molecule has 0 aliphatic heterocycles. The van der Waals surface area contributed by atoms with Crippen LogP contribution in [0.2, 0.25) is 0 Å². The van der Waals surface area contributed by atoms with Gasteiger partial charge < -0.3 is 15.7 Å². The number of guanidine groups is 1. The SMILES string of the molecule is CCNC(=NCc1cc(C)c(O)c(C)c1)NC1CCCC(C(F)(F)F)C1.I. The van der Waals surface area contributed by atoms with Crippen molar-refractivity contribution in [3.05, 3.63) is 28.8 Å². The predicted molar refractivity (Wildman–Crippen MR) is 113 cm³/mol. The third-order valence-electron chi connectivity index (χ3n) is 4.79. The van der Waals surface area contributed by atoms with Crippen molar-refractivity contribution in [1.29, 1.82) is 0 Å². The zero-order valence-electron chi connectivity index (χ0n) is 16.0. The second-order valence-corrected chi connectivity index (χ2v) is 7.02. The van der Waals surface area contributed by atoms with E-state index in [9.17, 15) is 18.3 Å². The van der Waals surface area contributed by atoms with Crippen molar-refractivity contribution in [2.75, 3.05) is 6.54 Å². The number of hydrogen-bond acceptors (Lipinski definition) is 2. The molecular weight excluding hydrogens is 470 g/mol. The number of nitrogens with zero attached hydrogens (tertiary/aromatic N) is 1. The molecule has 3 N–H and O–H groups in total. The van der Waals surface area contributed by atoms with E-state index in [0.29, 0.717) is 31.9 Å². The number of aliphatic imine (C=N–C) groups is 1. The monoisotopic (exact) mass is 499 g/mol. The Morgan fingerprint density at radius 2 is 1.85 bits per heavy atom. The third-order valence-corrected chi connectivity index (χ3v) is 4.79. The molecule has 2 rings (SSSR count). The van der Waals surface area contributed by atoms with Crippen LogP contribution >= 0.6 is 24.0 Å². The Morgan fingerprint density at radius 3 is 2.41 bits per heavy atom. The number of nitrogens with one attached hydrogen (secondary N) is 2. The number of aryl methyl sites for hydroxylation is 2. The second kappa shape index (κ2) is 10.4. The maximum atomic E-state index is 13.0. The summed E-state index contributed by atoms with van der Waals surface area (Å²) in [6.07, 6.45) is -2.55. The molecule has 0 aromatic heterocycles. The molecule has 1 aromatic rings. The highest BCUT2D eigenvalue weighted by Gasteiger charge is 2.42. The summed E-state index contributed by atoms with van der Waals surface area (Å²) in [5.41, 5.74) is 2.52. The molecule has 27 heavy (non-hydrogen) atoms. The van der Waals surface area contributed by atoms with Gasteiger partial charge in [0.2, 0.25) is 0 Å². The smallest absolute Gasteiger partial charge is 0.391 e. The first-order valence-corrected chi connectivity index (χ1v) is 9.11. The summed E-state index contributed by atoms with van der Waals surface area (Å²) in [6, 6.07) is 3.52. The first-order valence-electron chi connectivity index (χ1n) is 9.11. The molecule has 2 unspecified atom stereocenters. The Bertz CT molecular complexity index is 627. The number of aromatic hydroxyl groups is 1. The van der Waals surface area contributed by atoms with Crippen LogP contribution in [-0.2, 0) is 6.54 Å². The fraction of sp³-hybridized carbons (Fsp3) is 0.632. The van der Waals surface area contributed by atoms with Crippen molar-refractivity contribution in [2.45, 2.75) is 65.2 Å². The highest BCUT2D eigenvalue weighted by molar-refractivity contribution is 14.0. The van der Waals surface area contributed by atoms with Crippen LogP contribution in [0.3, 0.4) is 0 Å². The van der Waals surface area contributed by atoms with Crippen LogP contribution < -0.4 is 10.6 Å². The molecule has 0 spiro atoms. The molecule has 1 aliphatic carbocycles. The van der Waals surface area contributed by atoms with Gasteiger partial charge in [0, 0.05) is 12.6 Å². The van der Waals surface area contributed by atoms with Gasteiger partial charge in [0.1, 0.15) is 5.75 Å². The largest absolute Gasteiger partial charge is 0.507 e. The van der Waals surface area contributed by atoms with E-state index in [1.165, 1.54) is 0 Å². The van der Waals surface area contributed by atoms with E-state index in [1.807, 2.05) is 32.9 Å². The van der Waals surface area contributed by atoms with Crippen molar-refractivity contribution in [2.24, 2.45) is 10.9 Å². The molecule has 0 amide bonds. The van der Waals surface area contributed by atoms with Gasteiger partial charge in [-0.15, -0.1) is 24.0 Å². The van der Waals surface area contributed by atoms with Gasteiger partial charge in [-0.05, 0) is 56.7 Å². The molecule has 0 heterocycles. The number of rotatable bonds is 4. The van der Waals surface area contributed by atoms with Crippen molar-refractivity contribution in [3.8, 4) is 5.75 Å². The summed E-state index contributed by atoms with van der Waals surface area (Å²) in [5, 5.41) is 16.1. The molecule has 8 heteroatoms. The van der Waals surface area contributed by atoms with Gasteiger partial charge in [0.25, 0.3) is 0 Å². The van der Waals surface area contributed by atoms with E-state index >= 15 is 0 Å². The zero-order valence-corrected chi connectivity index (χ0v) is 18.3. The van der Waals surface area contributed by atoms with Crippen LogP contribution in [0, 0.1) is 19.8 Å². The van der Waals surface area contributed by atoms with Crippen LogP contribution in [0.4, 0.5) is 13.2 Å². The van der Waals surface area contributed by atoms with Gasteiger partial charge in [-0.25, -0.2) is 4.99 Å². The number of hydrogen-bond donors (Lipinski definition) is 3. The number of benzene rings is 1. The summed E-state index contributed by atoms with van der Waals surface area (Å²) >= 11 is 0. The van der Waals surface area contributed by atoms with Crippen molar-refractivity contribution >= 4 is 29.9 Å². The van der Waals surface area contributed by atoms with E-state index in [-0.39, 0.29) is 48.6 Å². The molecule has 2 atom stereocenters. The molecule has 1 aromatic carbocycles. The summed E-state index contributed by atoms with van der Waals surface area (Å²) < 4.78 is 39.0. The first kappa shape index (κ1) is 23.8. The van der Waals surface area contributed by atoms with Crippen LogP contribution in [0.1, 0.15) is 49.3 Å². The molecule has 0 saturated heterocycles. The van der Waals surface area contributed by atoms with Gasteiger partial charge in [-0.2, -0.15) is 13.2 Å². The first-order chi connectivity index (χ1) is 12.2. The topological polar surface area (TPSA) is 56.7 Å². The minimum Gasteiger partial charge on any atom is -0.507 e. The number of phenolic OH excluding ortho intramolecular Hbond substituents is 1. The van der Waals surface area contributed by atoms with E-state index in [4.69, 9.17) is 0 Å². The molecule has 1 saturated carbocycles. The van der Waals surface area contributed by atoms with Crippen molar-refractivity contribution in [3.63, 3.8) is 0 Å². The average molecular weight is 499 g/mol. The average Bonchev–Trinajstić information content (AvgIpc) is 2.57. The van der Waals surface area contributed by atoms with Crippen molar-refractivity contribution in [1.82, 2.24) is 10.6 Å². The molecule has 0 bridgehead atoms. The highest BCUT2D eigenvalue weighted by Crippen LogP contribution is 2.37. The lowest BCUT2D eigenvalue weighted by molar-refractivity contribution is -0.183. The maximum absolute atomic E-state index is 13.0. The summed E-state index contributed by atoms with van der Waals surface area (Å²) in [4.78, 5) is 4.51. The van der Waals surface area contributed by atoms with Crippen molar-refractivity contribution < 1.29 is 18.3 Å². The minimum absolute atomic E-state index is 0. The Hall–Kier alpha value is -1.19. The molecule has 4 nitrogen and oxygen atoms in total. The van der Waals surface area contributed by atoms with Crippen LogP contribution in [0.5, 0.6) is 5.75 Å². The fourth-order valence-electron chi connectivity index (χ4n) is 3.44. The lowest BCUT2D eigenvalue weighted by atomic mass is 9.85. The predicted octanol–water partition coefficient (Wildman–Crippen LogP) is 4.80. The minimum atomic E-state index is -4.13. The quantitative estimate of drug-likeness (QED) is 0.317. The van der Waals surface area contributed by atoms with E-state index in [2.05, 4.69) is 15.6 Å². The van der Waals surface area contributed by atoms with Gasteiger partial charge >= 0.3 is 6.18 Å². The van der Waals surface area contributed by atoms with E-state index in [0.717, 1.165) is 16.7 Å². The summed E-state index contributed by atoms with van der Waals surface area (Å²) in [6.45, 7) is 6.61. The molecular formula is C19H29F3IN3O. The Morgan fingerprint density at radius 1 is 1.22 bits per heavy atom. The van der Waals surface area contributed by atoms with Crippen LogP contribution in [0.25, 0.3) is 0 Å². The Kier molecular flexibility index (Phi) is 9.17. The molecule has 1 fully saturated rings. The molecule has 154 valence electrons. The van der Waals surface area contributed by atoms with E-state index < -0.39 is 12.1 Å². The van der Waals surface area contributed by atoms with Gasteiger partial charge in [-0.1, -0.05) is 18.6 Å². The van der Waals surface area contributed by atoms with Gasteiger partial charge in [0.05, 0.1) is 12.5 Å². The van der Waals surface area contributed by atoms with Crippen LogP contribution in [-0.4, -0.2) is 29.8 Å². The molecule has 1 aliphatic rings. The highest BCUT2D eigenvalue weighted by atomic mass is 127. The zero-order chi connectivity index (χ0) is 19.3. The fourth-order valence-corrected chi connectivity index (χ4v) is 3.44. The number of phenols is 1. The van der Waals surface area contributed by atoms with E-state index in [1.54, 1.807) is 0 Å². The lowest BCUT2D eigenvalue weighted by Gasteiger charge is -2.31. The summed E-state index contributed by atoms with van der Waals surface area (Å²) in [5.74, 6) is -0.425.